The van der Waals surface area contributed by atoms with E-state index in [1.165, 1.54) is 13.0 Å². The smallest absolute Gasteiger partial charge is 0.163 e. The van der Waals surface area contributed by atoms with Crippen molar-refractivity contribution in [2.24, 2.45) is 0 Å². The summed E-state index contributed by atoms with van der Waals surface area (Å²) in [5, 5.41) is 1.84. The Morgan fingerprint density at radius 2 is 1.73 bits per heavy atom. The zero-order chi connectivity index (χ0) is 15.5. The van der Waals surface area contributed by atoms with Crippen molar-refractivity contribution in [3.05, 3.63) is 77.6 Å². The highest BCUT2D eigenvalue weighted by molar-refractivity contribution is 6.03. The quantitative estimate of drug-likeness (QED) is 0.648. The van der Waals surface area contributed by atoms with E-state index in [1.807, 2.05) is 30.3 Å². The Labute approximate surface area is 128 Å². The molecule has 3 rings (SSSR count). The van der Waals surface area contributed by atoms with Crippen LogP contribution in [0.15, 0.2) is 60.7 Å². The number of halogens is 1. The lowest BCUT2D eigenvalue weighted by Gasteiger charge is -2.13. The molecule has 0 radical (unpaired) electrons. The minimum absolute atomic E-state index is 0.0747. The van der Waals surface area contributed by atoms with Crippen LogP contribution in [0.5, 0.6) is 5.75 Å². The second-order valence-electron chi connectivity index (χ2n) is 5.10. The van der Waals surface area contributed by atoms with Crippen molar-refractivity contribution in [2.75, 3.05) is 0 Å². The Bertz CT molecular complexity index is 840. The summed E-state index contributed by atoms with van der Waals surface area (Å²) in [6.07, 6.45) is 0. The standard InChI is InChI=1S/C19H15FO2/c1-13(21)16-11-10-14-6-2-4-8-17(14)19(16)22-12-15-7-3-5-9-18(15)20/h2-11H,12H2,1H3. The lowest BCUT2D eigenvalue weighted by atomic mass is 10.0. The largest absolute Gasteiger partial charge is 0.487 e. The van der Waals surface area contributed by atoms with Gasteiger partial charge in [-0.25, -0.2) is 4.39 Å². The molecule has 0 spiro atoms. The number of hydrogen-bond acceptors (Lipinski definition) is 2. The number of ether oxygens (including phenoxy) is 1. The number of carbonyl (C=O) groups is 1. The first kappa shape index (κ1) is 14.3. The van der Waals surface area contributed by atoms with Gasteiger partial charge in [-0.1, -0.05) is 48.5 Å². The summed E-state index contributed by atoms with van der Waals surface area (Å²) in [6, 6.07) is 17.8. The van der Waals surface area contributed by atoms with Crippen LogP contribution in [-0.2, 0) is 6.61 Å². The van der Waals surface area contributed by atoms with Crippen molar-refractivity contribution >= 4 is 16.6 Å². The zero-order valence-corrected chi connectivity index (χ0v) is 12.2. The van der Waals surface area contributed by atoms with Gasteiger partial charge in [-0.05, 0) is 24.4 Å². The lowest BCUT2D eigenvalue weighted by Crippen LogP contribution is -2.03. The molecule has 22 heavy (non-hydrogen) atoms. The van der Waals surface area contributed by atoms with Gasteiger partial charge in [-0.3, -0.25) is 4.79 Å². The minimum Gasteiger partial charge on any atom is -0.487 e. The van der Waals surface area contributed by atoms with Crippen molar-refractivity contribution < 1.29 is 13.9 Å². The summed E-state index contributed by atoms with van der Waals surface area (Å²) in [7, 11) is 0. The lowest BCUT2D eigenvalue weighted by molar-refractivity contribution is 0.101. The summed E-state index contributed by atoms with van der Waals surface area (Å²) < 4.78 is 19.5. The maximum absolute atomic E-state index is 13.7. The SMILES string of the molecule is CC(=O)c1ccc2ccccc2c1OCc1ccccc1F. The van der Waals surface area contributed by atoms with Gasteiger partial charge >= 0.3 is 0 Å². The van der Waals surface area contributed by atoms with Gasteiger partial charge in [-0.15, -0.1) is 0 Å². The Kier molecular flexibility index (Phi) is 3.88. The topological polar surface area (TPSA) is 26.3 Å². The molecule has 0 aliphatic rings. The van der Waals surface area contributed by atoms with Gasteiger partial charge in [0.05, 0.1) is 5.56 Å². The van der Waals surface area contributed by atoms with Crippen LogP contribution >= 0.6 is 0 Å². The van der Waals surface area contributed by atoms with Gasteiger partial charge in [0.2, 0.25) is 0 Å². The average molecular weight is 294 g/mol. The third-order valence-corrected chi connectivity index (χ3v) is 3.59. The fourth-order valence-electron chi connectivity index (χ4n) is 2.44. The van der Waals surface area contributed by atoms with E-state index in [4.69, 9.17) is 4.74 Å². The number of benzene rings is 3. The molecule has 3 aromatic carbocycles. The second-order valence-corrected chi connectivity index (χ2v) is 5.10. The van der Waals surface area contributed by atoms with E-state index >= 15 is 0 Å². The van der Waals surface area contributed by atoms with Gasteiger partial charge in [0.25, 0.3) is 0 Å². The first-order valence-corrected chi connectivity index (χ1v) is 7.05. The highest BCUT2D eigenvalue weighted by Crippen LogP contribution is 2.31. The Morgan fingerprint density at radius 1 is 1.00 bits per heavy atom. The van der Waals surface area contributed by atoms with E-state index < -0.39 is 0 Å². The molecule has 0 N–H and O–H groups in total. The molecule has 110 valence electrons. The maximum atomic E-state index is 13.7. The predicted octanol–water partition coefficient (Wildman–Crippen LogP) is 4.76. The van der Waals surface area contributed by atoms with Crippen LogP contribution in [-0.4, -0.2) is 5.78 Å². The van der Waals surface area contributed by atoms with Crippen molar-refractivity contribution in [3.63, 3.8) is 0 Å². The van der Waals surface area contributed by atoms with Crippen LogP contribution in [0.3, 0.4) is 0 Å². The molecule has 0 unspecified atom stereocenters. The Hall–Kier alpha value is -2.68. The van der Waals surface area contributed by atoms with Crippen LogP contribution < -0.4 is 4.74 Å². The molecular formula is C19H15FO2. The molecule has 0 aliphatic carbocycles. The summed E-state index contributed by atoms with van der Waals surface area (Å²) >= 11 is 0. The molecule has 0 saturated heterocycles. The fourth-order valence-corrected chi connectivity index (χ4v) is 2.44. The van der Waals surface area contributed by atoms with Crippen LogP contribution in [0, 0.1) is 5.82 Å². The maximum Gasteiger partial charge on any atom is 0.163 e. The van der Waals surface area contributed by atoms with Crippen molar-refractivity contribution in [3.8, 4) is 5.75 Å². The molecule has 3 heteroatoms. The van der Waals surface area contributed by atoms with Crippen LogP contribution in [0.4, 0.5) is 4.39 Å². The first-order valence-electron chi connectivity index (χ1n) is 7.05. The van der Waals surface area contributed by atoms with Gasteiger partial charge in [0.15, 0.2) is 5.78 Å². The molecule has 0 heterocycles. The highest BCUT2D eigenvalue weighted by atomic mass is 19.1. The Morgan fingerprint density at radius 3 is 2.50 bits per heavy atom. The predicted molar refractivity (Wildman–Crippen MR) is 84.7 cm³/mol. The molecule has 2 nitrogen and oxygen atoms in total. The number of carbonyl (C=O) groups excluding carboxylic acids is 1. The molecule has 0 aromatic heterocycles. The number of fused-ring (bicyclic) bond motifs is 1. The first-order chi connectivity index (χ1) is 10.7. The number of ketones is 1. The van der Waals surface area contributed by atoms with Gasteiger partial charge in [-0.2, -0.15) is 0 Å². The molecule has 0 atom stereocenters. The zero-order valence-electron chi connectivity index (χ0n) is 12.2. The van der Waals surface area contributed by atoms with E-state index in [1.54, 1.807) is 24.3 Å². The number of hydrogen-bond donors (Lipinski definition) is 0. The summed E-state index contributed by atoms with van der Waals surface area (Å²) in [5.41, 5.74) is 0.972. The van der Waals surface area contributed by atoms with E-state index in [9.17, 15) is 9.18 Å². The van der Waals surface area contributed by atoms with Crippen LogP contribution in [0.2, 0.25) is 0 Å². The summed E-state index contributed by atoms with van der Waals surface area (Å²) in [6.45, 7) is 1.58. The molecule has 0 fully saturated rings. The van der Waals surface area contributed by atoms with Gasteiger partial charge in [0, 0.05) is 10.9 Å². The molecule has 0 saturated carbocycles. The fraction of sp³-hybridized carbons (Fsp3) is 0.105. The number of Topliss-reactive ketones (excluding diaryl/α,β-unsaturated/α-hetero) is 1. The van der Waals surface area contributed by atoms with Crippen molar-refractivity contribution in [1.82, 2.24) is 0 Å². The van der Waals surface area contributed by atoms with Crippen LogP contribution in [0.1, 0.15) is 22.8 Å². The van der Waals surface area contributed by atoms with Crippen LogP contribution in [0.25, 0.3) is 10.8 Å². The van der Waals surface area contributed by atoms with E-state index in [0.29, 0.717) is 16.9 Å². The van der Waals surface area contributed by atoms with Crippen molar-refractivity contribution in [1.29, 1.82) is 0 Å². The molecule has 0 bridgehead atoms. The third kappa shape index (κ3) is 2.70. The van der Waals surface area contributed by atoms with Crippen molar-refractivity contribution in [2.45, 2.75) is 13.5 Å². The van der Waals surface area contributed by atoms with E-state index in [0.717, 1.165) is 10.8 Å². The molecule has 0 aliphatic heterocycles. The monoisotopic (exact) mass is 294 g/mol. The second kappa shape index (κ2) is 5.98. The third-order valence-electron chi connectivity index (χ3n) is 3.59. The number of rotatable bonds is 4. The average Bonchev–Trinajstić information content (AvgIpc) is 2.53. The minimum atomic E-state index is -0.313. The van der Waals surface area contributed by atoms with E-state index in [-0.39, 0.29) is 18.2 Å². The molecule has 0 amide bonds. The molecular weight excluding hydrogens is 279 g/mol. The van der Waals surface area contributed by atoms with E-state index in [2.05, 4.69) is 0 Å². The highest BCUT2D eigenvalue weighted by Gasteiger charge is 2.13. The summed E-state index contributed by atoms with van der Waals surface area (Å²) in [5.74, 6) is 0.121. The summed E-state index contributed by atoms with van der Waals surface area (Å²) in [4.78, 5) is 11.8. The normalized spacial score (nSPS) is 10.6. The molecule has 3 aromatic rings. The Balaban J connectivity index is 2.03. The van der Waals surface area contributed by atoms with Gasteiger partial charge < -0.3 is 4.74 Å². The van der Waals surface area contributed by atoms with Gasteiger partial charge in [0.1, 0.15) is 18.2 Å².